The number of carbonyl (C=O) groups is 1. The highest BCUT2D eigenvalue weighted by Gasteiger charge is 2.29. The summed E-state index contributed by atoms with van der Waals surface area (Å²) in [6, 6.07) is 0.991. The summed E-state index contributed by atoms with van der Waals surface area (Å²) < 4.78 is 0. The van der Waals surface area contributed by atoms with Crippen molar-refractivity contribution in [2.24, 2.45) is 5.92 Å². The van der Waals surface area contributed by atoms with Crippen molar-refractivity contribution in [1.82, 2.24) is 15.5 Å². The fourth-order valence-electron chi connectivity index (χ4n) is 3.30. The number of piperidine rings is 1. The fourth-order valence-corrected chi connectivity index (χ4v) is 3.30. The van der Waals surface area contributed by atoms with Crippen LogP contribution in [0.25, 0.3) is 0 Å². The molecule has 0 saturated carbocycles. The van der Waals surface area contributed by atoms with Gasteiger partial charge in [-0.1, -0.05) is 6.92 Å². The number of likely N-dealkylation sites (tertiary alicyclic amines) is 1. The maximum Gasteiger partial charge on any atom is 0.234 e. The van der Waals surface area contributed by atoms with Gasteiger partial charge in [-0.3, -0.25) is 9.69 Å². The molecule has 2 rings (SSSR count). The van der Waals surface area contributed by atoms with Gasteiger partial charge in [0.2, 0.25) is 5.91 Å². The van der Waals surface area contributed by atoms with Crippen LogP contribution in [0.4, 0.5) is 0 Å². The Morgan fingerprint density at radius 1 is 1.42 bits per heavy atom. The largest absolute Gasteiger partial charge is 0.353 e. The molecule has 0 aliphatic carbocycles. The number of nitrogens with one attached hydrogen (secondary N) is 2. The Labute approximate surface area is 117 Å². The molecule has 1 amide bonds. The number of hydrogen-bond donors (Lipinski definition) is 2. The lowest BCUT2D eigenvalue weighted by Crippen LogP contribution is -2.47. The predicted molar refractivity (Wildman–Crippen MR) is 78.1 cm³/mol. The summed E-state index contributed by atoms with van der Waals surface area (Å²) >= 11 is 0. The van der Waals surface area contributed by atoms with Gasteiger partial charge < -0.3 is 10.6 Å². The zero-order chi connectivity index (χ0) is 13.7. The Hall–Kier alpha value is -0.610. The molecule has 0 spiro atoms. The predicted octanol–water partition coefficient (Wildman–Crippen LogP) is 1.37. The van der Waals surface area contributed by atoms with Crippen LogP contribution in [-0.2, 0) is 4.79 Å². The molecule has 4 heteroatoms. The van der Waals surface area contributed by atoms with E-state index < -0.39 is 0 Å². The summed E-state index contributed by atoms with van der Waals surface area (Å²) in [5.74, 6) is 0.932. The van der Waals surface area contributed by atoms with E-state index >= 15 is 0 Å². The smallest absolute Gasteiger partial charge is 0.234 e. The van der Waals surface area contributed by atoms with Crippen molar-refractivity contribution in [2.75, 3.05) is 26.2 Å². The van der Waals surface area contributed by atoms with Crippen molar-refractivity contribution in [3.8, 4) is 0 Å². The molecule has 2 aliphatic heterocycles. The third kappa shape index (κ3) is 4.46. The van der Waals surface area contributed by atoms with Crippen molar-refractivity contribution in [3.05, 3.63) is 0 Å². The van der Waals surface area contributed by atoms with Crippen LogP contribution in [-0.4, -0.2) is 49.1 Å². The van der Waals surface area contributed by atoms with Crippen molar-refractivity contribution in [3.63, 3.8) is 0 Å². The Balaban J connectivity index is 1.75. The second kappa shape index (κ2) is 7.25. The maximum atomic E-state index is 11.9. The fraction of sp³-hybridized carbons (Fsp3) is 0.933. The molecule has 0 bridgehead atoms. The lowest BCUT2D eigenvalue weighted by atomic mass is 9.90. The van der Waals surface area contributed by atoms with E-state index in [1.807, 2.05) is 0 Å². The van der Waals surface area contributed by atoms with E-state index in [2.05, 4.69) is 29.4 Å². The standard InChI is InChI=1S/C15H29N3O/c1-3-12(2)17-15(19)11-18-9-5-6-13(10-18)14-7-4-8-16-14/h12-14,16H,3-11H2,1-2H3,(H,17,19). The van der Waals surface area contributed by atoms with Crippen molar-refractivity contribution in [2.45, 2.75) is 58.0 Å². The van der Waals surface area contributed by atoms with E-state index in [0.717, 1.165) is 25.4 Å². The minimum Gasteiger partial charge on any atom is -0.353 e. The van der Waals surface area contributed by atoms with Crippen LogP contribution in [0.2, 0.25) is 0 Å². The summed E-state index contributed by atoms with van der Waals surface area (Å²) in [5.41, 5.74) is 0. The molecular formula is C15H29N3O. The molecular weight excluding hydrogens is 238 g/mol. The first-order valence-electron chi connectivity index (χ1n) is 7.94. The number of hydrogen-bond acceptors (Lipinski definition) is 3. The Bertz CT molecular complexity index is 289. The monoisotopic (exact) mass is 267 g/mol. The second-order valence-electron chi connectivity index (χ2n) is 6.22. The Morgan fingerprint density at radius 2 is 2.26 bits per heavy atom. The van der Waals surface area contributed by atoms with Crippen LogP contribution in [0.1, 0.15) is 46.0 Å². The van der Waals surface area contributed by atoms with Crippen LogP contribution in [0.3, 0.4) is 0 Å². The molecule has 0 aromatic rings. The minimum absolute atomic E-state index is 0.189. The lowest BCUT2D eigenvalue weighted by molar-refractivity contribution is -0.123. The van der Waals surface area contributed by atoms with Gasteiger partial charge in [0.15, 0.2) is 0 Å². The van der Waals surface area contributed by atoms with Gasteiger partial charge in [-0.25, -0.2) is 0 Å². The summed E-state index contributed by atoms with van der Waals surface area (Å²) in [7, 11) is 0. The van der Waals surface area contributed by atoms with Crippen LogP contribution in [0, 0.1) is 5.92 Å². The molecule has 0 aromatic carbocycles. The van der Waals surface area contributed by atoms with E-state index in [1.165, 1.54) is 32.2 Å². The highest BCUT2D eigenvalue weighted by atomic mass is 16.2. The lowest BCUT2D eigenvalue weighted by Gasteiger charge is -2.35. The van der Waals surface area contributed by atoms with Crippen molar-refractivity contribution < 1.29 is 4.79 Å². The molecule has 110 valence electrons. The average Bonchev–Trinajstić information content (AvgIpc) is 2.92. The first-order chi connectivity index (χ1) is 9.19. The van der Waals surface area contributed by atoms with Crippen molar-refractivity contribution >= 4 is 5.91 Å². The van der Waals surface area contributed by atoms with Gasteiger partial charge in [-0.2, -0.15) is 0 Å². The van der Waals surface area contributed by atoms with E-state index in [-0.39, 0.29) is 5.91 Å². The zero-order valence-corrected chi connectivity index (χ0v) is 12.5. The summed E-state index contributed by atoms with van der Waals surface area (Å²) in [6.07, 6.45) is 6.19. The third-order valence-electron chi connectivity index (χ3n) is 4.60. The SMILES string of the molecule is CCC(C)NC(=O)CN1CCCC(C2CCCN2)C1. The molecule has 0 radical (unpaired) electrons. The Kier molecular flexibility index (Phi) is 5.64. The van der Waals surface area contributed by atoms with Gasteiger partial charge in [-0.05, 0) is 58.0 Å². The number of amides is 1. The topological polar surface area (TPSA) is 44.4 Å². The number of nitrogens with zero attached hydrogens (tertiary/aromatic N) is 1. The zero-order valence-electron chi connectivity index (χ0n) is 12.5. The summed E-state index contributed by atoms with van der Waals surface area (Å²) in [5, 5.41) is 6.68. The molecule has 3 unspecified atom stereocenters. The highest BCUT2D eigenvalue weighted by molar-refractivity contribution is 5.78. The molecule has 0 aromatic heterocycles. The van der Waals surface area contributed by atoms with E-state index in [4.69, 9.17) is 0 Å². The molecule has 2 aliphatic rings. The van der Waals surface area contributed by atoms with E-state index in [9.17, 15) is 4.79 Å². The van der Waals surface area contributed by atoms with Gasteiger partial charge in [0.1, 0.15) is 0 Å². The van der Waals surface area contributed by atoms with E-state index in [1.54, 1.807) is 0 Å². The molecule has 2 heterocycles. The molecule has 2 saturated heterocycles. The maximum absolute atomic E-state index is 11.9. The van der Waals surface area contributed by atoms with Crippen LogP contribution >= 0.6 is 0 Å². The van der Waals surface area contributed by atoms with Crippen molar-refractivity contribution in [1.29, 1.82) is 0 Å². The first kappa shape index (κ1) is 14.8. The third-order valence-corrected chi connectivity index (χ3v) is 4.60. The molecule has 4 nitrogen and oxygen atoms in total. The quantitative estimate of drug-likeness (QED) is 0.790. The highest BCUT2D eigenvalue weighted by Crippen LogP contribution is 2.24. The molecule has 3 atom stereocenters. The molecule has 2 fully saturated rings. The van der Waals surface area contributed by atoms with Gasteiger partial charge in [-0.15, -0.1) is 0 Å². The number of carbonyl (C=O) groups excluding carboxylic acids is 1. The Morgan fingerprint density at radius 3 is 2.95 bits per heavy atom. The molecule has 19 heavy (non-hydrogen) atoms. The summed E-state index contributed by atoms with van der Waals surface area (Å²) in [6.45, 7) is 8.10. The van der Waals surface area contributed by atoms with Gasteiger partial charge in [0.25, 0.3) is 0 Å². The normalized spacial score (nSPS) is 30.2. The average molecular weight is 267 g/mol. The van der Waals surface area contributed by atoms with E-state index in [0.29, 0.717) is 18.6 Å². The summed E-state index contributed by atoms with van der Waals surface area (Å²) in [4.78, 5) is 14.3. The minimum atomic E-state index is 0.189. The van der Waals surface area contributed by atoms with Gasteiger partial charge >= 0.3 is 0 Å². The van der Waals surface area contributed by atoms with Crippen LogP contribution in [0.5, 0.6) is 0 Å². The van der Waals surface area contributed by atoms with Gasteiger partial charge in [0, 0.05) is 18.6 Å². The van der Waals surface area contributed by atoms with Crippen LogP contribution < -0.4 is 10.6 Å². The number of rotatable bonds is 5. The van der Waals surface area contributed by atoms with Crippen LogP contribution in [0.15, 0.2) is 0 Å². The molecule has 2 N–H and O–H groups in total. The first-order valence-corrected chi connectivity index (χ1v) is 7.94. The second-order valence-corrected chi connectivity index (χ2v) is 6.22. The van der Waals surface area contributed by atoms with Gasteiger partial charge in [0.05, 0.1) is 6.54 Å².